The van der Waals surface area contributed by atoms with E-state index in [-0.39, 0.29) is 6.03 Å². The molecule has 1 aliphatic carbocycles. The van der Waals surface area contributed by atoms with Crippen LogP contribution < -0.4 is 5.32 Å². The summed E-state index contributed by atoms with van der Waals surface area (Å²) < 4.78 is 0. The van der Waals surface area contributed by atoms with Gasteiger partial charge in [-0.25, -0.2) is 4.79 Å². The minimum Gasteiger partial charge on any atom is -0.324 e. The molecule has 0 aromatic carbocycles. The first kappa shape index (κ1) is 13.7. The van der Waals surface area contributed by atoms with Gasteiger partial charge >= 0.3 is 6.03 Å². The van der Waals surface area contributed by atoms with Gasteiger partial charge in [0.05, 0.1) is 0 Å². The molecule has 2 aliphatic rings. The van der Waals surface area contributed by atoms with Crippen LogP contribution in [0.4, 0.5) is 4.79 Å². The molecule has 4 nitrogen and oxygen atoms in total. The van der Waals surface area contributed by atoms with Crippen molar-refractivity contribution in [2.24, 2.45) is 5.41 Å². The molecule has 2 rings (SSSR count). The molecule has 3 amide bonds. The molecule has 0 aromatic heterocycles. The summed E-state index contributed by atoms with van der Waals surface area (Å²) in [5.41, 5.74) is 0.487. The summed E-state index contributed by atoms with van der Waals surface area (Å²) >= 11 is 5.63. The van der Waals surface area contributed by atoms with Crippen LogP contribution in [0.1, 0.15) is 45.4 Å². The van der Waals surface area contributed by atoms with Gasteiger partial charge in [-0.15, -0.1) is 11.6 Å². The van der Waals surface area contributed by atoms with E-state index in [1.165, 1.54) is 25.7 Å². The number of nitrogens with zero attached hydrogens (tertiary/aromatic N) is 1. The van der Waals surface area contributed by atoms with Crippen LogP contribution in [-0.2, 0) is 4.79 Å². The SMILES string of the molecule is CC(Cl)C(=O)NC(=O)N1CCC2(CCCC2)CC1. The van der Waals surface area contributed by atoms with Gasteiger partial charge in [0.15, 0.2) is 0 Å². The van der Waals surface area contributed by atoms with Gasteiger partial charge in [-0.05, 0) is 38.0 Å². The van der Waals surface area contributed by atoms with Crippen molar-refractivity contribution in [1.82, 2.24) is 10.2 Å². The summed E-state index contributed by atoms with van der Waals surface area (Å²) in [4.78, 5) is 24.9. The van der Waals surface area contributed by atoms with E-state index >= 15 is 0 Å². The number of rotatable bonds is 1. The quantitative estimate of drug-likeness (QED) is 0.746. The molecular formula is C13H21ClN2O2. The zero-order chi connectivity index (χ0) is 13.2. The number of nitrogens with one attached hydrogen (secondary N) is 1. The third-order valence-corrected chi connectivity index (χ3v) is 4.57. The lowest BCUT2D eigenvalue weighted by Gasteiger charge is -2.39. The Hall–Kier alpha value is -0.770. The number of halogens is 1. The Morgan fingerprint density at radius 3 is 2.22 bits per heavy atom. The number of piperidine rings is 1. The number of carbonyl (C=O) groups is 2. The average molecular weight is 273 g/mol. The number of hydrogen-bond acceptors (Lipinski definition) is 2. The van der Waals surface area contributed by atoms with E-state index < -0.39 is 11.3 Å². The lowest BCUT2D eigenvalue weighted by atomic mass is 9.77. The van der Waals surface area contributed by atoms with Crippen LogP contribution in [0, 0.1) is 5.41 Å². The molecule has 1 spiro atoms. The summed E-state index contributed by atoms with van der Waals surface area (Å²) in [5.74, 6) is -0.414. The van der Waals surface area contributed by atoms with Gasteiger partial charge in [-0.1, -0.05) is 12.8 Å². The van der Waals surface area contributed by atoms with Crippen molar-refractivity contribution < 1.29 is 9.59 Å². The van der Waals surface area contributed by atoms with Crippen molar-refractivity contribution >= 4 is 23.5 Å². The van der Waals surface area contributed by atoms with Crippen molar-refractivity contribution in [2.45, 2.75) is 50.8 Å². The molecule has 1 atom stereocenters. The van der Waals surface area contributed by atoms with Crippen molar-refractivity contribution in [2.75, 3.05) is 13.1 Å². The second-order valence-electron chi connectivity index (χ2n) is 5.60. The normalized spacial score (nSPS) is 24.0. The minimum absolute atomic E-state index is 0.291. The van der Waals surface area contributed by atoms with E-state index in [1.54, 1.807) is 11.8 Å². The first-order chi connectivity index (χ1) is 8.52. The van der Waals surface area contributed by atoms with E-state index in [0.717, 1.165) is 25.9 Å². The van der Waals surface area contributed by atoms with E-state index in [4.69, 9.17) is 11.6 Å². The zero-order valence-electron chi connectivity index (χ0n) is 10.9. The van der Waals surface area contributed by atoms with Crippen LogP contribution in [0.2, 0.25) is 0 Å². The van der Waals surface area contributed by atoms with Gasteiger partial charge in [-0.3, -0.25) is 10.1 Å². The van der Waals surface area contributed by atoms with Crippen LogP contribution >= 0.6 is 11.6 Å². The maximum absolute atomic E-state index is 11.9. The smallest absolute Gasteiger partial charge is 0.324 e. The Bertz CT molecular complexity index is 328. The van der Waals surface area contributed by atoms with Crippen molar-refractivity contribution in [3.63, 3.8) is 0 Å². The van der Waals surface area contributed by atoms with Crippen molar-refractivity contribution in [3.8, 4) is 0 Å². The van der Waals surface area contributed by atoms with E-state index in [2.05, 4.69) is 5.32 Å². The Labute approximate surface area is 113 Å². The highest BCUT2D eigenvalue weighted by atomic mass is 35.5. The number of likely N-dealkylation sites (tertiary alicyclic amines) is 1. The Morgan fingerprint density at radius 1 is 1.17 bits per heavy atom. The molecule has 1 N–H and O–H groups in total. The Kier molecular flexibility index (Phi) is 4.15. The summed E-state index contributed by atoms with van der Waals surface area (Å²) in [6.07, 6.45) is 7.42. The van der Waals surface area contributed by atoms with E-state index in [1.807, 2.05) is 0 Å². The molecule has 1 unspecified atom stereocenters. The van der Waals surface area contributed by atoms with Crippen molar-refractivity contribution in [3.05, 3.63) is 0 Å². The number of carbonyl (C=O) groups excluding carboxylic acids is 2. The predicted octanol–water partition coefficient (Wildman–Crippen LogP) is 2.51. The highest BCUT2D eigenvalue weighted by molar-refractivity contribution is 6.31. The first-order valence-corrected chi connectivity index (χ1v) is 7.20. The average Bonchev–Trinajstić information content (AvgIpc) is 2.78. The molecular weight excluding hydrogens is 252 g/mol. The third kappa shape index (κ3) is 2.97. The minimum atomic E-state index is -0.667. The molecule has 0 bridgehead atoms. The Balaban J connectivity index is 1.82. The van der Waals surface area contributed by atoms with Crippen LogP contribution in [-0.4, -0.2) is 35.3 Å². The first-order valence-electron chi connectivity index (χ1n) is 6.76. The largest absolute Gasteiger partial charge is 0.324 e. The molecule has 1 aliphatic heterocycles. The summed E-state index contributed by atoms with van der Waals surface area (Å²) in [5, 5.41) is 1.68. The second-order valence-corrected chi connectivity index (χ2v) is 6.26. The van der Waals surface area contributed by atoms with Gasteiger partial charge < -0.3 is 4.90 Å². The van der Waals surface area contributed by atoms with Crippen LogP contribution in [0.25, 0.3) is 0 Å². The number of hydrogen-bond donors (Lipinski definition) is 1. The van der Waals surface area contributed by atoms with Crippen molar-refractivity contribution in [1.29, 1.82) is 0 Å². The Morgan fingerprint density at radius 2 is 1.72 bits per heavy atom. The number of alkyl halides is 1. The van der Waals surface area contributed by atoms with E-state index in [9.17, 15) is 9.59 Å². The molecule has 2 fully saturated rings. The number of imide groups is 1. The van der Waals surface area contributed by atoms with E-state index in [0.29, 0.717) is 5.41 Å². The summed E-state index contributed by atoms with van der Waals surface area (Å²) in [7, 11) is 0. The molecule has 1 saturated heterocycles. The fourth-order valence-electron chi connectivity index (χ4n) is 3.09. The molecule has 0 aromatic rings. The molecule has 0 radical (unpaired) electrons. The monoisotopic (exact) mass is 272 g/mol. The maximum Gasteiger partial charge on any atom is 0.324 e. The van der Waals surface area contributed by atoms with Crippen LogP contribution in [0.3, 0.4) is 0 Å². The standard InChI is InChI=1S/C13H21ClN2O2/c1-10(14)11(17)15-12(18)16-8-6-13(7-9-16)4-2-3-5-13/h10H,2-9H2,1H3,(H,15,17,18). The van der Waals surface area contributed by atoms with Gasteiger partial charge in [0, 0.05) is 13.1 Å². The van der Waals surface area contributed by atoms with Gasteiger partial charge in [-0.2, -0.15) is 0 Å². The van der Waals surface area contributed by atoms with Crippen LogP contribution in [0.15, 0.2) is 0 Å². The summed E-state index contributed by atoms with van der Waals surface area (Å²) in [6, 6.07) is -0.291. The molecule has 18 heavy (non-hydrogen) atoms. The second kappa shape index (κ2) is 5.47. The summed E-state index contributed by atoms with van der Waals surface area (Å²) in [6.45, 7) is 3.08. The maximum atomic E-state index is 11.9. The zero-order valence-corrected chi connectivity index (χ0v) is 11.6. The lowest BCUT2D eigenvalue weighted by molar-refractivity contribution is -0.119. The molecule has 102 valence electrons. The van der Waals surface area contributed by atoms with Gasteiger partial charge in [0.2, 0.25) is 5.91 Å². The van der Waals surface area contributed by atoms with Gasteiger partial charge in [0.25, 0.3) is 0 Å². The number of amides is 3. The third-order valence-electron chi connectivity index (χ3n) is 4.37. The highest BCUT2D eigenvalue weighted by Crippen LogP contribution is 2.45. The molecule has 5 heteroatoms. The fourth-order valence-corrected chi connectivity index (χ4v) is 3.15. The van der Waals surface area contributed by atoms with Gasteiger partial charge in [0.1, 0.15) is 5.38 Å². The lowest BCUT2D eigenvalue weighted by Crippen LogP contribution is -2.49. The predicted molar refractivity (Wildman–Crippen MR) is 70.6 cm³/mol. The number of urea groups is 1. The molecule has 1 heterocycles. The fraction of sp³-hybridized carbons (Fsp3) is 0.846. The molecule has 1 saturated carbocycles. The highest BCUT2D eigenvalue weighted by Gasteiger charge is 2.38. The topological polar surface area (TPSA) is 49.4 Å². The van der Waals surface area contributed by atoms with Crippen LogP contribution in [0.5, 0.6) is 0 Å².